The number of amides is 3. The summed E-state index contributed by atoms with van der Waals surface area (Å²) in [5.74, 6) is -4.06. The van der Waals surface area contributed by atoms with Crippen molar-refractivity contribution >= 4 is 29.7 Å². The Kier molecular flexibility index (Phi) is 23.5. The van der Waals surface area contributed by atoms with E-state index in [0.717, 1.165) is 19.3 Å². The fourth-order valence-electron chi connectivity index (χ4n) is 5.71. The van der Waals surface area contributed by atoms with Gasteiger partial charge in [-0.3, -0.25) is 19.2 Å². The predicted molar refractivity (Wildman–Crippen MR) is 184 cm³/mol. The molecule has 290 valence electrons. The van der Waals surface area contributed by atoms with Gasteiger partial charge in [0.15, 0.2) is 6.29 Å². The Morgan fingerprint density at radius 2 is 1.34 bits per heavy atom. The van der Waals surface area contributed by atoms with Gasteiger partial charge in [0.1, 0.15) is 42.5 Å². The van der Waals surface area contributed by atoms with Gasteiger partial charge in [0.05, 0.1) is 13.2 Å². The zero-order chi connectivity index (χ0) is 37.5. The van der Waals surface area contributed by atoms with Crippen LogP contribution in [-0.2, 0) is 38.2 Å². The second-order valence-corrected chi connectivity index (χ2v) is 13.2. The molecule has 0 saturated carbocycles. The molecule has 0 aromatic rings. The predicted octanol–water partition coefficient (Wildman–Crippen LogP) is 2.21. The van der Waals surface area contributed by atoms with E-state index in [2.05, 4.69) is 22.9 Å². The quantitative estimate of drug-likeness (QED) is 0.0479. The molecule has 7 N–H and O–H groups in total. The number of hydrogen-bond acceptors (Lipinski definition) is 11. The number of ether oxygens (including phenoxy) is 3. The highest BCUT2D eigenvalue weighted by molar-refractivity contribution is 5.91. The van der Waals surface area contributed by atoms with Gasteiger partial charge in [-0.2, -0.15) is 0 Å². The molecule has 0 unspecified atom stereocenters. The Bertz CT molecular complexity index is 1020. The van der Waals surface area contributed by atoms with Crippen molar-refractivity contribution in [3.05, 3.63) is 0 Å². The molecule has 0 aromatic heterocycles. The number of carbonyl (C=O) groups excluding carboxylic acids is 4. The first-order valence-electron chi connectivity index (χ1n) is 18.4. The largest absolute Gasteiger partial charge is 0.481 e. The third-order valence-electron chi connectivity index (χ3n) is 8.72. The summed E-state index contributed by atoms with van der Waals surface area (Å²) in [6.45, 7) is 5.53. The van der Waals surface area contributed by atoms with E-state index < -0.39 is 91.5 Å². The number of carboxylic acids is 1. The molecule has 1 aliphatic rings. The number of aliphatic carboxylic acids is 1. The van der Waals surface area contributed by atoms with Crippen LogP contribution in [0, 0.1) is 0 Å². The summed E-state index contributed by atoms with van der Waals surface area (Å²) in [4.78, 5) is 61.4. The average molecular weight is 718 g/mol. The lowest BCUT2D eigenvalue weighted by Crippen LogP contribution is -2.65. The lowest BCUT2D eigenvalue weighted by atomic mass is 9.96. The van der Waals surface area contributed by atoms with Gasteiger partial charge >= 0.3 is 11.9 Å². The van der Waals surface area contributed by atoms with Gasteiger partial charge in [-0.1, -0.05) is 90.4 Å². The standard InChI is InChI=1S/C35H63N3O12/c1-5-6-7-8-9-10-11-12-13-14-15-16-17-18-21-48-34(46)26(19-20-28(41)42)38-32(44)23(2)36-33(45)24(3)49-31-29(37-25(4)40)35(47)50-27(22-39)30(31)43/h23-24,26-27,29-31,35,39,43,47H,5-22H2,1-4H3,(H,36,45)(H,37,40)(H,38,44)(H,41,42)/t23-,24+,26+,27+,29+,30+,31+,35+/m0/s1. The highest BCUT2D eigenvalue weighted by Crippen LogP contribution is 2.24. The van der Waals surface area contributed by atoms with Crippen molar-refractivity contribution in [2.75, 3.05) is 13.2 Å². The maximum atomic E-state index is 12.9. The van der Waals surface area contributed by atoms with Crippen LogP contribution < -0.4 is 16.0 Å². The van der Waals surface area contributed by atoms with Crippen LogP contribution in [0.2, 0.25) is 0 Å². The van der Waals surface area contributed by atoms with E-state index in [1.165, 1.54) is 85.0 Å². The summed E-state index contributed by atoms with van der Waals surface area (Å²) >= 11 is 0. The number of carbonyl (C=O) groups is 5. The van der Waals surface area contributed by atoms with Crippen LogP contribution in [0.4, 0.5) is 0 Å². The van der Waals surface area contributed by atoms with E-state index in [1.807, 2.05) is 0 Å². The van der Waals surface area contributed by atoms with E-state index in [-0.39, 0.29) is 13.0 Å². The van der Waals surface area contributed by atoms with Crippen LogP contribution in [0.5, 0.6) is 0 Å². The number of unbranched alkanes of at least 4 members (excludes halogenated alkanes) is 13. The zero-order valence-corrected chi connectivity index (χ0v) is 30.4. The fraction of sp³-hybridized carbons (Fsp3) is 0.857. The van der Waals surface area contributed by atoms with Crippen molar-refractivity contribution in [3.8, 4) is 0 Å². The maximum Gasteiger partial charge on any atom is 0.328 e. The Hall–Kier alpha value is -2.85. The van der Waals surface area contributed by atoms with Gasteiger partial charge in [-0.15, -0.1) is 0 Å². The van der Waals surface area contributed by atoms with Crippen LogP contribution in [0.25, 0.3) is 0 Å². The third kappa shape index (κ3) is 18.4. The minimum Gasteiger partial charge on any atom is -0.481 e. The maximum absolute atomic E-state index is 12.9. The number of esters is 1. The van der Waals surface area contributed by atoms with Crippen molar-refractivity contribution in [2.45, 2.75) is 179 Å². The molecule has 15 heteroatoms. The molecule has 1 fully saturated rings. The Labute approximate surface area is 296 Å². The topological polar surface area (TPSA) is 230 Å². The van der Waals surface area contributed by atoms with Gasteiger partial charge < -0.3 is 50.6 Å². The molecule has 1 aliphatic heterocycles. The third-order valence-corrected chi connectivity index (χ3v) is 8.72. The van der Waals surface area contributed by atoms with Crippen molar-refractivity contribution in [1.82, 2.24) is 16.0 Å². The van der Waals surface area contributed by atoms with Crippen molar-refractivity contribution < 1.29 is 58.6 Å². The van der Waals surface area contributed by atoms with Crippen molar-refractivity contribution in [1.29, 1.82) is 0 Å². The lowest BCUT2D eigenvalue weighted by Gasteiger charge is -2.43. The summed E-state index contributed by atoms with van der Waals surface area (Å²) < 4.78 is 16.1. The molecule has 8 atom stereocenters. The minimum atomic E-state index is -1.65. The van der Waals surface area contributed by atoms with Crippen LogP contribution in [0.1, 0.15) is 130 Å². The number of aliphatic hydroxyl groups excluding tert-OH is 3. The molecule has 1 rings (SSSR count). The normalized spacial score (nSPS) is 22.2. The summed E-state index contributed by atoms with van der Waals surface area (Å²) in [6, 6.07) is -3.71. The SMILES string of the molecule is CCCCCCCCCCCCCCCCOC(=O)[C@@H](CCC(=O)O)NC(=O)[C@H](C)NC(=O)[C@@H](C)O[C@H]1[C@H](O)[C@@H](CO)O[C@@H](O)[C@@H]1NC(C)=O. The molecule has 0 aromatic carbocycles. The molecular formula is C35H63N3O12. The number of nitrogens with one attached hydrogen (secondary N) is 3. The second kappa shape index (κ2) is 26.0. The molecule has 1 saturated heterocycles. The van der Waals surface area contributed by atoms with Crippen LogP contribution in [0.3, 0.4) is 0 Å². The molecule has 15 nitrogen and oxygen atoms in total. The van der Waals surface area contributed by atoms with Crippen LogP contribution >= 0.6 is 0 Å². The summed E-state index contributed by atoms with van der Waals surface area (Å²) in [7, 11) is 0. The second-order valence-electron chi connectivity index (χ2n) is 13.2. The molecule has 1 heterocycles. The number of rotatable bonds is 27. The van der Waals surface area contributed by atoms with Gasteiger partial charge in [-0.25, -0.2) is 4.79 Å². The molecule has 0 radical (unpaired) electrons. The Morgan fingerprint density at radius 1 is 0.800 bits per heavy atom. The first kappa shape index (κ1) is 45.2. The van der Waals surface area contributed by atoms with Gasteiger partial charge in [0.2, 0.25) is 17.7 Å². The molecule has 0 spiro atoms. The molecule has 0 bridgehead atoms. The van der Waals surface area contributed by atoms with E-state index in [4.69, 9.17) is 19.3 Å². The number of carboxylic acid groups (broad SMARTS) is 1. The highest BCUT2D eigenvalue weighted by Gasteiger charge is 2.47. The molecular weight excluding hydrogens is 654 g/mol. The summed E-state index contributed by atoms with van der Waals surface area (Å²) in [5.41, 5.74) is 0. The van der Waals surface area contributed by atoms with Crippen molar-refractivity contribution in [2.24, 2.45) is 0 Å². The average Bonchev–Trinajstić information content (AvgIpc) is 3.07. The Balaban J connectivity index is 2.51. The van der Waals surface area contributed by atoms with Gasteiger partial charge in [0.25, 0.3) is 0 Å². The number of aliphatic hydroxyl groups is 3. The number of hydrogen-bond donors (Lipinski definition) is 7. The van der Waals surface area contributed by atoms with E-state index in [9.17, 15) is 39.3 Å². The van der Waals surface area contributed by atoms with E-state index in [1.54, 1.807) is 0 Å². The van der Waals surface area contributed by atoms with E-state index in [0.29, 0.717) is 6.42 Å². The summed E-state index contributed by atoms with van der Waals surface area (Å²) in [5, 5.41) is 46.8. The van der Waals surface area contributed by atoms with Gasteiger partial charge in [-0.05, 0) is 26.7 Å². The van der Waals surface area contributed by atoms with E-state index >= 15 is 0 Å². The fourth-order valence-corrected chi connectivity index (χ4v) is 5.71. The smallest absolute Gasteiger partial charge is 0.328 e. The van der Waals surface area contributed by atoms with Crippen molar-refractivity contribution in [3.63, 3.8) is 0 Å². The molecule has 0 aliphatic carbocycles. The highest BCUT2D eigenvalue weighted by atomic mass is 16.6. The minimum absolute atomic E-state index is 0.140. The first-order chi connectivity index (χ1) is 23.8. The van der Waals surface area contributed by atoms with Crippen LogP contribution in [0.15, 0.2) is 0 Å². The van der Waals surface area contributed by atoms with Crippen LogP contribution in [-0.4, -0.2) is 112 Å². The zero-order valence-electron chi connectivity index (χ0n) is 30.4. The molecule has 3 amide bonds. The lowest BCUT2D eigenvalue weighted by molar-refractivity contribution is -0.266. The van der Waals surface area contributed by atoms with Gasteiger partial charge in [0, 0.05) is 13.3 Å². The molecule has 50 heavy (non-hydrogen) atoms. The monoisotopic (exact) mass is 717 g/mol. The summed E-state index contributed by atoms with van der Waals surface area (Å²) in [6.07, 6.45) is 8.86. The first-order valence-corrected chi connectivity index (χ1v) is 18.4. The Morgan fingerprint density at radius 3 is 1.84 bits per heavy atom.